The van der Waals surface area contributed by atoms with Crippen LogP contribution in [0.3, 0.4) is 0 Å². The summed E-state index contributed by atoms with van der Waals surface area (Å²) in [6, 6.07) is 3.30. The summed E-state index contributed by atoms with van der Waals surface area (Å²) in [5.41, 5.74) is 1.11. The van der Waals surface area contributed by atoms with Crippen molar-refractivity contribution in [1.29, 1.82) is 0 Å². The first-order valence-electron chi connectivity index (χ1n) is 5.62. The first-order chi connectivity index (χ1) is 8.59. The summed E-state index contributed by atoms with van der Waals surface area (Å²) in [6.07, 6.45) is 4.74. The minimum atomic E-state index is -0.970. The summed E-state index contributed by atoms with van der Waals surface area (Å²) in [7, 11) is 0. The van der Waals surface area contributed by atoms with Crippen LogP contribution in [0.4, 0.5) is 0 Å². The third kappa shape index (κ3) is 2.90. The van der Waals surface area contributed by atoms with Crippen LogP contribution in [0.2, 0.25) is 5.02 Å². The number of aromatic carboxylic acids is 1. The lowest BCUT2D eigenvalue weighted by Gasteiger charge is -2.05. The van der Waals surface area contributed by atoms with E-state index >= 15 is 0 Å². The van der Waals surface area contributed by atoms with Gasteiger partial charge in [-0.1, -0.05) is 25.4 Å². The second-order valence-electron chi connectivity index (χ2n) is 3.38. The fourth-order valence-electron chi connectivity index (χ4n) is 1.36. The molecule has 0 amide bonds. The van der Waals surface area contributed by atoms with E-state index < -0.39 is 5.97 Å². The Labute approximate surface area is 111 Å². The molecule has 0 aromatic carbocycles. The molecule has 0 atom stereocenters. The molecule has 0 unspecified atom stereocenters. The van der Waals surface area contributed by atoms with Gasteiger partial charge >= 0.3 is 5.97 Å². The third-order valence-corrected chi connectivity index (χ3v) is 2.72. The van der Waals surface area contributed by atoms with Crippen molar-refractivity contribution in [3.05, 3.63) is 46.9 Å². The number of aromatic nitrogens is 2. The van der Waals surface area contributed by atoms with E-state index in [1.807, 2.05) is 20.8 Å². The van der Waals surface area contributed by atoms with E-state index in [0.717, 1.165) is 5.56 Å². The smallest absolute Gasteiger partial charge is 0.337 e. The maximum atomic E-state index is 10.7. The maximum Gasteiger partial charge on any atom is 0.337 e. The highest BCUT2D eigenvalue weighted by Gasteiger charge is 2.09. The Morgan fingerprint density at radius 2 is 2.06 bits per heavy atom. The maximum absolute atomic E-state index is 10.7. The van der Waals surface area contributed by atoms with Crippen molar-refractivity contribution in [3.63, 3.8) is 0 Å². The fraction of sp³-hybridized carbons (Fsp3) is 0.231. The van der Waals surface area contributed by atoms with Crippen LogP contribution < -0.4 is 0 Å². The molecule has 2 heterocycles. The number of rotatable bonds is 2. The molecule has 0 fully saturated rings. The molecule has 18 heavy (non-hydrogen) atoms. The summed E-state index contributed by atoms with van der Waals surface area (Å²) in [4.78, 5) is 14.9. The average molecular weight is 267 g/mol. The number of pyridine rings is 1. The monoisotopic (exact) mass is 266 g/mol. The van der Waals surface area contributed by atoms with Gasteiger partial charge in [-0.15, -0.1) is 0 Å². The minimum absolute atomic E-state index is 0.208. The molecule has 2 aromatic rings. The second kappa shape index (κ2) is 6.21. The minimum Gasteiger partial charge on any atom is -0.478 e. The number of hydrogen-bond acceptors (Lipinski definition) is 2. The Bertz CT molecular complexity index is 550. The van der Waals surface area contributed by atoms with Crippen LogP contribution >= 0.6 is 11.6 Å². The fourth-order valence-corrected chi connectivity index (χ4v) is 1.57. The summed E-state index contributed by atoms with van der Waals surface area (Å²) in [5.74, 6) is -0.434. The zero-order valence-electron chi connectivity index (χ0n) is 10.5. The van der Waals surface area contributed by atoms with Crippen LogP contribution in [-0.2, 0) is 0 Å². The van der Waals surface area contributed by atoms with Crippen molar-refractivity contribution in [1.82, 2.24) is 9.55 Å². The van der Waals surface area contributed by atoms with Gasteiger partial charge in [-0.3, -0.25) is 0 Å². The molecule has 0 spiro atoms. The number of carboxylic acid groups (broad SMARTS) is 1. The van der Waals surface area contributed by atoms with Gasteiger partial charge < -0.3 is 9.67 Å². The number of aryl methyl sites for hydroxylation is 1. The molecule has 0 saturated carbocycles. The zero-order valence-corrected chi connectivity index (χ0v) is 11.3. The van der Waals surface area contributed by atoms with E-state index in [0.29, 0.717) is 10.8 Å². The topological polar surface area (TPSA) is 55.1 Å². The predicted octanol–water partition coefficient (Wildman–Crippen LogP) is 3.56. The van der Waals surface area contributed by atoms with Gasteiger partial charge in [0.25, 0.3) is 0 Å². The Morgan fingerprint density at radius 1 is 1.39 bits per heavy atom. The largest absolute Gasteiger partial charge is 0.478 e. The average Bonchev–Trinajstić information content (AvgIpc) is 2.85. The predicted molar refractivity (Wildman–Crippen MR) is 71.6 cm³/mol. The lowest BCUT2D eigenvalue weighted by Crippen LogP contribution is -1.98. The number of carbonyl (C=O) groups is 1. The van der Waals surface area contributed by atoms with Crippen LogP contribution in [0.1, 0.15) is 29.8 Å². The summed E-state index contributed by atoms with van der Waals surface area (Å²) >= 11 is 6.09. The molecule has 5 heteroatoms. The van der Waals surface area contributed by atoms with Crippen LogP contribution in [0.15, 0.2) is 30.7 Å². The SMILES string of the molecule is CC.Cc1ccnc(-n2ccc(C(=O)O)c2)c1Cl. The first-order valence-corrected chi connectivity index (χ1v) is 6.00. The molecule has 2 rings (SSSR count). The Morgan fingerprint density at radius 3 is 2.61 bits per heavy atom. The van der Waals surface area contributed by atoms with Gasteiger partial charge in [0.05, 0.1) is 10.6 Å². The molecule has 0 saturated heterocycles. The molecular weight excluding hydrogens is 252 g/mol. The number of carboxylic acids is 1. The van der Waals surface area contributed by atoms with E-state index in [2.05, 4.69) is 4.98 Å². The lowest BCUT2D eigenvalue weighted by atomic mass is 10.3. The Hall–Kier alpha value is -1.81. The van der Waals surface area contributed by atoms with Gasteiger partial charge in [-0.05, 0) is 24.6 Å². The Kier molecular flexibility index (Phi) is 4.92. The van der Waals surface area contributed by atoms with Gasteiger partial charge in [0, 0.05) is 18.6 Å². The number of halogens is 1. The second-order valence-corrected chi connectivity index (χ2v) is 3.76. The van der Waals surface area contributed by atoms with Crippen molar-refractivity contribution < 1.29 is 9.90 Å². The summed E-state index contributed by atoms with van der Waals surface area (Å²) in [6.45, 7) is 5.87. The van der Waals surface area contributed by atoms with Crippen LogP contribution in [0.5, 0.6) is 0 Å². The van der Waals surface area contributed by atoms with Gasteiger partial charge in [0.2, 0.25) is 0 Å². The molecule has 0 aliphatic carbocycles. The summed E-state index contributed by atoms with van der Waals surface area (Å²) < 4.78 is 1.60. The molecular formula is C13H15ClN2O2. The molecule has 0 aliphatic heterocycles. The van der Waals surface area contributed by atoms with E-state index in [4.69, 9.17) is 16.7 Å². The highest BCUT2D eigenvalue weighted by molar-refractivity contribution is 6.32. The Balaban J connectivity index is 0.000000771. The normalized spacial score (nSPS) is 9.56. The molecule has 1 N–H and O–H groups in total. The van der Waals surface area contributed by atoms with E-state index in [1.54, 1.807) is 23.0 Å². The quantitative estimate of drug-likeness (QED) is 0.904. The van der Waals surface area contributed by atoms with E-state index in [-0.39, 0.29) is 5.56 Å². The number of nitrogens with zero attached hydrogens (tertiary/aromatic N) is 2. The molecule has 0 aliphatic rings. The molecule has 96 valence electrons. The van der Waals surface area contributed by atoms with Crippen molar-refractivity contribution in [2.75, 3.05) is 0 Å². The van der Waals surface area contributed by atoms with Gasteiger partial charge in [0.1, 0.15) is 0 Å². The molecule has 0 radical (unpaired) electrons. The van der Waals surface area contributed by atoms with Crippen molar-refractivity contribution in [3.8, 4) is 5.82 Å². The first kappa shape index (κ1) is 14.3. The standard InChI is InChI=1S/C11H9ClN2O2.C2H6/c1-7-2-4-13-10(9(7)12)14-5-3-8(6-14)11(15)16;1-2/h2-6H,1H3,(H,15,16);1-2H3. The van der Waals surface area contributed by atoms with Crippen LogP contribution in [0, 0.1) is 6.92 Å². The summed E-state index contributed by atoms with van der Waals surface area (Å²) in [5, 5.41) is 9.33. The third-order valence-electron chi connectivity index (χ3n) is 2.25. The highest BCUT2D eigenvalue weighted by Crippen LogP contribution is 2.22. The van der Waals surface area contributed by atoms with E-state index in [1.165, 1.54) is 12.3 Å². The molecule has 4 nitrogen and oxygen atoms in total. The van der Waals surface area contributed by atoms with Crippen molar-refractivity contribution in [2.24, 2.45) is 0 Å². The van der Waals surface area contributed by atoms with Gasteiger partial charge in [-0.2, -0.15) is 0 Å². The molecule has 2 aromatic heterocycles. The highest BCUT2D eigenvalue weighted by atomic mass is 35.5. The van der Waals surface area contributed by atoms with Crippen molar-refractivity contribution >= 4 is 17.6 Å². The van der Waals surface area contributed by atoms with E-state index in [9.17, 15) is 4.79 Å². The van der Waals surface area contributed by atoms with Crippen LogP contribution in [0.25, 0.3) is 5.82 Å². The van der Waals surface area contributed by atoms with Gasteiger partial charge in [0.15, 0.2) is 5.82 Å². The molecule has 0 bridgehead atoms. The van der Waals surface area contributed by atoms with Crippen LogP contribution in [-0.4, -0.2) is 20.6 Å². The van der Waals surface area contributed by atoms with Crippen molar-refractivity contribution in [2.45, 2.75) is 20.8 Å². The van der Waals surface area contributed by atoms with Gasteiger partial charge in [-0.25, -0.2) is 9.78 Å². The zero-order chi connectivity index (χ0) is 13.7. The number of hydrogen-bond donors (Lipinski definition) is 1. The lowest BCUT2D eigenvalue weighted by molar-refractivity contribution is 0.0697.